The molecule has 1 heterocycles. The van der Waals surface area contributed by atoms with Crippen LogP contribution in [0.2, 0.25) is 0 Å². The molecule has 0 amide bonds. The predicted molar refractivity (Wildman–Crippen MR) is 68.9 cm³/mol. The Bertz CT molecular complexity index is 567. The molecular formula is C14H13F3N2O. The zero-order valence-electron chi connectivity index (χ0n) is 10.5. The molecule has 0 aliphatic heterocycles. The maximum atomic E-state index is 12.4. The molecule has 1 aromatic heterocycles. The molecule has 0 fully saturated rings. The van der Waals surface area contributed by atoms with Crippen molar-refractivity contribution in [2.45, 2.75) is 19.3 Å². The van der Waals surface area contributed by atoms with Crippen molar-refractivity contribution in [1.29, 1.82) is 0 Å². The summed E-state index contributed by atoms with van der Waals surface area (Å²) in [5, 5.41) is 11.9. The molecule has 106 valence electrons. The molecule has 1 aromatic carbocycles. The number of aliphatic hydroxyl groups is 1. The van der Waals surface area contributed by atoms with E-state index in [1.54, 1.807) is 6.07 Å². The van der Waals surface area contributed by atoms with Crippen LogP contribution in [-0.4, -0.2) is 10.1 Å². The van der Waals surface area contributed by atoms with E-state index in [1.165, 1.54) is 6.07 Å². The number of halogens is 3. The Balaban J connectivity index is 2.00. The largest absolute Gasteiger partial charge is 0.417 e. The van der Waals surface area contributed by atoms with Gasteiger partial charge >= 0.3 is 6.18 Å². The van der Waals surface area contributed by atoms with Gasteiger partial charge in [0.15, 0.2) is 0 Å². The normalized spacial score (nSPS) is 11.4. The summed E-state index contributed by atoms with van der Waals surface area (Å²) in [6, 6.07) is 9.55. The third-order valence-electron chi connectivity index (χ3n) is 2.74. The minimum atomic E-state index is -4.37. The molecule has 0 saturated carbocycles. The summed E-state index contributed by atoms with van der Waals surface area (Å²) in [7, 11) is 0. The van der Waals surface area contributed by atoms with Crippen molar-refractivity contribution in [1.82, 2.24) is 4.98 Å². The van der Waals surface area contributed by atoms with Crippen molar-refractivity contribution in [3.05, 3.63) is 59.3 Å². The monoisotopic (exact) mass is 282 g/mol. The summed E-state index contributed by atoms with van der Waals surface area (Å²) in [5.74, 6) is 0.368. The predicted octanol–water partition coefficient (Wildman–Crippen LogP) is 3.20. The molecule has 2 aromatic rings. The number of aromatic nitrogens is 1. The number of nitrogens with zero attached hydrogens (tertiary/aromatic N) is 1. The Morgan fingerprint density at radius 2 is 1.85 bits per heavy atom. The van der Waals surface area contributed by atoms with Gasteiger partial charge in [-0.25, -0.2) is 4.98 Å². The summed E-state index contributed by atoms with van der Waals surface area (Å²) in [6.45, 7) is 0.374. The van der Waals surface area contributed by atoms with Crippen LogP contribution in [0.4, 0.5) is 19.0 Å². The Hall–Kier alpha value is -2.08. The van der Waals surface area contributed by atoms with Gasteiger partial charge in [0, 0.05) is 12.7 Å². The molecule has 0 spiro atoms. The lowest BCUT2D eigenvalue weighted by Gasteiger charge is -2.09. The first-order chi connectivity index (χ1) is 9.49. The van der Waals surface area contributed by atoms with Gasteiger partial charge in [0.05, 0.1) is 12.2 Å². The minimum Gasteiger partial charge on any atom is -0.392 e. The number of nitrogens with one attached hydrogen (secondary N) is 1. The van der Waals surface area contributed by atoms with Gasteiger partial charge in [-0.3, -0.25) is 0 Å². The SMILES string of the molecule is OCc1cccc(CNc2ccc(C(F)(F)F)cn2)c1. The van der Waals surface area contributed by atoms with Gasteiger partial charge in [-0.2, -0.15) is 13.2 Å². The highest BCUT2D eigenvalue weighted by molar-refractivity contribution is 5.37. The number of alkyl halides is 3. The molecule has 3 nitrogen and oxygen atoms in total. The van der Waals surface area contributed by atoms with Gasteiger partial charge in [0.1, 0.15) is 5.82 Å². The maximum Gasteiger partial charge on any atom is 0.417 e. The molecule has 0 atom stereocenters. The van der Waals surface area contributed by atoms with E-state index in [1.807, 2.05) is 18.2 Å². The van der Waals surface area contributed by atoms with E-state index in [9.17, 15) is 13.2 Å². The van der Waals surface area contributed by atoms with Gasteiger partial charge in [0.2, 0.25) is 0 Å². The van der Waals surface area contributed by atoms with Gasteiger partial charge in [0.25, 0.3) is 0 Å². The molecule has 2 rings (SSSR count). The van der Waals surface area contributed by atoms with Crippen molar-refractivity contribution in [3.63, 3.8) is 0 Å². The van der Waals surface area contributed by atoms with Crippen LogP contribution in [0.5, 0.6) is 0 Å². The fourth-order valence-electron chi connectivity index (χ4n) is 1.70. The number of hydrogen-bond donors (Lipinski definition) is 2. The van der Waals surface area contributed by atoms with Crippen molar-refractivity contribution >= 4 is 5.82 Å². The van der Waals surface area contributed by atoms with Crippen molar-refractivity contribution in [2.24, 2.45) is 0 Å². The molecule has 0 aliphatic rings. The van der Waals surface area contributed by atoms with Crippen LogP contribution >= 0.6 is 0 Å². The average Bonchev–Trinajstić information content (AvgIpc) is 2.45. The number of rotatable bonds is 4. The topological polar surface area (TPSA) is 45.1 Å². The molecular weight excluding hydrogens is 269 g/mol. The van der Waals surface area contributed by atoms with Crippen LogP contribution in [-0.2, 0) is 19.3 Å². The Labute approximate surface area is 114 Å². The smallest absolute Gasteiger partial charge is 0.392 e. The summed E-state index contributed by atoms with van der Waals surface area (Å²) in [4.78, 5) is 3.72. The van der Waals surface area contributed by atoms with Crippen LogP contribution in [0.15, 0.2) is 42.6 Å². The lowest BCUT2D eigenvalue weighted by atomic mass is 10.1. The molecule has 2 N–H and O–H groups in total. The van der Waals surface area contributed by atoms with Gasteiger partial charge in [-0.15, -0.1) is 0 Å². The summed E-state index contributed by atoms with van der Waals surface area (Å²) < 4.78 is 37.1. The van der Waals surface area contributed by atoms with Crippen molar-refractivity contribution in [2.75, 3.05) is 5.32 Å². The van der Waals surface area contributed by atoms with Crippen LogP contribution in [0, 0.1) is 0 Å². The second kappa shape index (κ2) is 5.92. The molecule has 0 bridgehead atoms. The number of aliphatic hydroxyl groups excluding tert-OH is 1. The zero-order chi connectivity index (χ0) is 14.6. The second-order valence-electron chi connectivity index (χ2n) is 4.26. The van der Waals surface area contributed by atoms with E-state index in [4.69, 9.17) is 5.11 Å². The third kappa shape index (κ3) is 3.71. The van der Waals surface area contributed by atoms with E-state index >= 15 is 0 Å². The lowest BCUT2D eigenvalue weighted by molar-refractivity contribution is -0.137. The lowest BCUT2D eigenvalue weighted by Crippen LogP contribution is -2.07. The highest BCUT2D eigenvalue weighted by Gasteiger charge is 2.30. The van der Waals surface area contributed by atoms with Gasteiger partial charge < -0.3 is 10.4 Å². The van der Waals surface area contributed by atoms with E-state index in [2.05, 4.69) is 10.3 Å². The van der Waals surface area contributed by atoms with Crippen LogP contribution < -0.4 is 5.32 Å². The summed E-state index contributed by atoms with van der Waals surface area (Å²) >= 11 is 0. The Morgan fingerprint density at radius 3 is 2.45 bits per heavy atom. The van der Waals surface area contributed by atoms with Crippen LogP contribution in [0.3, 0.4) is 0 Å². The first-order valence-corrected chi connectivity index (χ1v) is 5.95. The quantitative estimate of drug-likeness (QED) is 0.905. The fourth-order valence-corrected chi connectivity index (χ4v) is 1.70. The van der Waals surface area contributed by atoms with Crippen molar-refractivity contribution in [3.8, 4) is 0 Å². The minimum absolute atomic E-state index is 0.0492. The van der Waals surface area contributed by atoms with Crippen LogP contribution in [0.1, 0.15) is 16.7 Å². The third-order valence-corrected chi connectivity index (χ3v) is 2.74. The first-order valence-electron chi connectivity index (χ1n) is 5.95. The van der Waals surface area contributed by atoms with E-state index in [-0.39, 0.29) is 6.61 Å². The molecule has 0 saturated heterocycles. The standard InChI is InChI=1S/C14H13F3N2O/c15-14(16,17)12-4-5-13(19-8-12)18-7-10-2-1-3-11(6-10)9-20/h1-6,8,20H,7,9H2,(H,18,19). The number of pyridine rings is 1. The highest BCUT2D eigenvalue weighted by Crippen LogP contribution is 2.28. The second-order valence-corrected chi connectivity index (χ2v) is 4.26. The van der Waals surface area contributed by atoms with E-state index in [0.717, 1.165) is 23.4 Å². The molecule has 0 aliphatic carbocycles. The van der Waals surface area contributed by atoms with Gasteiger partial charge in [-0.05, 0) is 23.3 Å². The van der Waals surface area contributed by atoms with E-state index in [0.29, 0.717) is 12.4 Å². The summed E-state index contributed by atoms with van der Waals surface area (Å²) in [5.41, 5.74) is 0.924. The average molecular weight is 282 g/mol. The Morgan fingerprint density at radius 1 is 1.10 bits per heavy atom. The zero-order valence-corrected chi connectivity index (χ0v) is 10.5. The Kier molecular flexibility index (Phi) is 4.24. The molecule has 0 radical (unpaired) electrons. The number of hydrogen-bond acceptors (Lipinski definition) is 3. The van der Waals surface area contributed by atoms with Gasteiger partial charge in [-0.1, -0.05) is 24.3 Å². The van der Waals surface area contributed by atoms with Crippen molar-refractivity contribution < 1.29 is 18.3 Å². The number of benzene rings is 1. The van der Waals surface area contributed by atoms with E-state index < -0.39 is 11.7 Å². The molecule has 6 heteroatoms. The summed E-state index contributed by atoms with van der Waals surface area (Å²) in [6.07, 6.45) is -3.58. The van der Waals surface area contributed by atoms with Crippen LogP contribution in [0.25, 0.3) is 0 Å². The first kappa shape index (κ1) is 14.3. The molecule has 20 heavy (non-hydrogen) atoms. The highest BCUT2D eigenvalue weighted by atomic mass is 19.4. The maximum absolute atomic E-state index is 12.4. The fraction of sp³-hybridized carbons (Fsp3) is 0.214. The number of anilines is 1. The molecule has 0 unspecified atom stereocenters.